The number of piperidine rings is 1. The molecule has 39 heavy (non-hydrogen) atoms. The third kappa shape index (κ3) is 21.4. The lowest BCUT2D eigenvalue weighted by atomic mass is 9.93. The highest BCUT2D eigenvalue weighted by Gasteiger charge is 2.21. The smallest absolute Gasteiger partial charge is 0.305 e. The fourth-order valence-corrected chi connectivity index (χ4v) is 5.75. The summed E-state index contributed by atoms with van der Waals surface area (Å²) in [6.07, 6.45) is 28.5. The highest BCUT2D eigenvalue weighted by molar-refractivity contribution is 5.69. The number of carbonyl (C=O) groups is 1. The maximum atomic E-state index is 11.9. The second kappa shape index (κ2) is 25.9. The number of esters is 1. The monoisotopic (exact) mass is 550 g/mol. The summed E-state index contributed by atoms with van der Waals surface area (Å²) in [6, 6.07) is 0. The quantitative estimate of drug-likeness (QED) is 0.0580. The Morgan fingerprint density at radius 2 is 1.21 bits per heavy atom. The van der Waals surface area contributed by atoms with Crippen LogP contribution in [0, 0.1) is 11.8 Å². The zero-order chi connectivity index (χ0) is 28.4. The normalized spacial score (nSPS) is 15.4. The number of nitrogens with zero attached hydrogens (tertiary/aromatic N) is 1. The molecule has 0 spiro atoms. The van der Waals surface area contributed by atoms with Crippen molar-refractivity contribution in [2.75, 3.05) is 33.4 Å². The summed E-state index contributed by atoms with van der Waals surface area (Å²) in [5, 5.41) is 0. The SMILES string of the molecule is C=C(OCC(CCCCCCCCCC)CCCCCCCCC(=O)OCCCCCC)C1CCN(C)CC1. The van der Waals surface area contributed by atoms with E-state index in [-0.39, 0.29) is 5.97 Å². The lowest BCUT2D eigenvalue weighted by molar-refractivity contribution is -0.143. The van der Waals surface area contributed by atoms with Crippen molar-refractivity contribution in [3.8, 4) is 0 Å². The molecule has 4 heteroatoms. The predicted octanol–water partition coefficient (Wildman–Crippen LogP) is 10.2. The molecule has 1 atom stereocenters. The summed E-state index contributed by atoms with van der Waals surface area (Å²) in [6.45, 7) is 12.6. The van der Waals surface area contributed by atoms with E-state index in [1.807, 2.05) is 0 Å². The largest absolute Gasteiger partial charge is 0.498 e. The average molecular weight is 550 g/mol. The van der Waals surface area contributed by atoms with Crippen LogP contribution < -0.4 is 0 Å². The van der Waals surface area contributed by atoms with Gasteiger partial charge in [-0.3, -0.25) is 4.79 Å². The van der Waals surface area contributed by atoms with Gasteiger partial charge in [0, 0.05) is 12.3 Å². The maximum Gasteiger partial charge on any atom is 0.305 e. The minimum atomic E-state index is -0.00265. The van der Waals surface area contributed by atoms with Crippen molar-refractivity contribution >= 4 is 5.97 Å². The van der Waals surface area contributed by atoms with E-state index in [9.17, 15) is 4.79 Å². The van der Waals surface area contributed by atoms with Gasteiger partial charge in [-0.05, 0) is 64.6 Å². The van der Waals surface area contributed by atoms with Crippen molar-refractivity contribution < 1.29 is 14.3 Å². The van der Waals surface area contributed by atoms with Crippen LogP contribution in [0.3, 0.4) is 0 Å². The van der Waals surface area contributed by atoms with E-state index in [4.69, 9.17) is 9.47 Å². The van der Waals surface area contributed by atoms with E-state index in [0.717, 1.165) is 44.7 Å². The molecule has 1 aliphatic rings. The molecule has 1 aliphatic heterocycles. The number of unbranched alkanes of at least 4 members (excludes halogenated alkanes) is 15. The molecule has 0 amide bonds. The molecule has 0 aromatic heterocycles. The van der Waals surface area contributed by atoms with Gasteiger partial charge in [0.15, 0.2) is 0 Å². The van der Waals surface area contributed by atoms with Crippen LogP contribution in [0.4, 0.5) is 0 Å². The van der Waals surface area contributed by atoms with Gasteiger partial charge in [-0.2, -0.15) is 0 Å². The molecule has 1 unspecified atom stereocenters. The lowest BCUT2D eigenvalue weighted by Crippen LogP contribution is -2.31. The Morgan fingerprint density at radius 3 is 1.77 bits per heavy atom. The van der Waals surface area contributed by atoms with Crippen molar-refractivity contribution in [1.29, 1.82) is 0 Å². The molecular weight excluding hydrogens is 482 g/mol. The summed E-state index contributed by atoms with van der Waals surface area (Å²) in [5.74, 6) is 2.25. The molecule has 0 radical (unpaired) electrons. The minimum Gasteiger partial charge on any atom is -0.498 e. The van der Waals surface area contributed by atoms with Gasteiger partial charge in [-0.25, -0.2) is 0 Å². The van der Waals surface area contributed by atoms with Crippen molar-refractivity contribution in [2.45, 2.75) is 162 Å². The van der Waals surface area contributed by atoms with E-state index in [2.05, 4.69) is 32.4 Å². The molecule has 1 heterocycles. The van der Waals surface area contributed by atoms with Crippen LogP contribution in [-0.4, -0.2) is 44.2 Å². The van der Waals surface area contributed by atoms with E-state index < -0.39 is 0 Å². The number of allylic oxidation sites excluding steroid dienone is 1. The van der Waals surface area contributed by atoms with Crippen LogP contribution in [0.2, 0.25) is 0 Å². The average Bonchev–Trinajstić information content (AvgIpc) is 2.94. The van der Waals surface area contributed by atoms with Crippen LogP contribution in [-0.2, 0) is 14.3 Å². The Hall–Kier alpha value is -1.03. The fraction of sp³-hybridized carbons (Fsp3) is 0.914. The Kier molecular flexibility index (Phi) is 23.9. The highest BCUT2D eigenvalue weighted by atomic mass is 16.5. The third-order valence-corrected chi connectivity index (χ3v) is 8.65. The van der Waals surface area contributed by atoms with Gasteiger partial charge < -0.3 is 14.4 Å². The molecule has 0 bridgehead atoms. The molecule has 0 aromatic rings. The molecule has 0 aliphatic carbocycles. The first kappa shape index (κ1) is 36.0. The third-order valence-electron chi connectivity index (χ3n) is 8.65. The van der Waals surface area contributed by atoms with E-state index >= 15 is 0 Å². The Bertz CT molecular complexity index is 570. The molecule has 0 saturated carbocycles. The van der Waals surface area contributed by atoms with Gasteiger partial charge in [0.05, 0.1) is 19.0 Å². The molecule has 230 valence electrons. The van der Waals surface area contributed by atoms with Gasteiger partial charge in [0.25, 0.3) is 0 Å². The minimum absolute atomic E-state index is 0.00265. The van der Waals surface area contributed by atoms with E-state index in [0.29, 0.717) is 24.9 Å². The Labute approximate surface area is 244 Å². The molecule has 4 nitrogen and oxygen atoms in total. The zero-order valence-electron chi connectivity index (χ0n) is 26.6. The maximum absolute atomic E-state index is 11.9. The molecule has 0 aromatic carbocycles. The highest BCUT2D eigenvalue weighted by Crippen LogP contribution is 2.26. The second-order valence-electron chi connectivity index (χ2n) is 12.4. The van der Waals surface area contributed by atoms with Gasteiger partial charge in [-0.1, -0.05) is 123 Å². The first-order valence-corrected chi connectivity index (χ1v) is 17.2. The number of likely N-dealkylation sites (tertiary alicyclic amines) is 1. The van der Waals surface area contributed by atoms with Crippen LogP contribution in [0.15, 0.2) is 12.3 Å². The first-order chi connectivity index (χ1) is 19.1. The summed E-state index contributed by atoms with van der Waals surface area (Å²) in [5.41, 5.74) is 0. The number of rotatable bonds is 27. The number of carbonyl (C=O) groups excluding carboxylic acids is 1. The van der Waals surface area contributed by atoms with Gasteiger partial charge in [0.2, 0.25) is 0 Å². The van der Waals surface area contributed by atoms with Crippen molar-refractivity contribution in [2.24, 2.45) is 11.8 Å². The number of ether oxygens (including phenoxy) is 2. The van der Waals surface area contributed by atoms with Crippen LogP contribution in [0.5, 0.6) is 0 Å². The van der Waals surface area contributed by atoms with Crippen LogP contribution >= 0.6 is 0 Å². The van der Waals surface area contributed by atoms with E-state index in [1.54, 1.807) is 0 Å². The molecule has 1 saturated heterocycles. The second-order valence-corrected chi connectivity index (χ2v) is 12.4. The topological polar surface area (TPSA) is 38.8 Å². The lowest BCUT2D eigenvalue weighted by Gasteiger charge is -2.30. The summed E-state index contributed by atoms with van der Waals surface area (Å²) >= 11 is 0. The zero-order valence-corrected chi connectivity index (χ0v) is 26.6. The molecular formula is C35H67NO3. The van der Waals surface area contributed by atoms with Crippen molar-refractivity contribution in [3.05, 3.63) is 12.3 Å². The van der Waals surface area contributed by atoms with Crippen molar-refractivity contribution in [3.63, 3.8) is 0 Å². The number of hydrogen-bond acceptors (Lipinski definition) is 4. The molecule has 1 fully saturated rings. The van der Waals surface area contributed by atoms with Crippen LogP contribution in [0.1, 0.15) is 162 Å². The Morgan fingerprint density at radius 1 is 0.718 bits per heavy atom. The molecule has 1 rings (SSSR count). The summed E-state index contributed by atoms with van der Waals surface area (Å²) in [4.78, 5) is 14.3. The summed E-state index contributed by atoms with van der Waals surface area (Å²) in [7, 11) is 2.21. The van der Waals surface area contributed by atoms with Gasteiger partial charge in [0.1, 0.15) is 0 Å². The standard InChI is InChI=1S/C35H67NO3/c1-5-7-9-11-12-13-16-19-23-33(31-39-32(3)34-26-28-36(4)29-27-34)24-20-17-14-15-18-21-25-35(37)38-30-22-10-8-6-2/h33-34H,3,5-31H2,1-2,4H3. The van der Waals surface area contributed by atoms with Crippen molar-refractivity contribution in [1.82, 2.24) is 4.90 Å². The predicted molar refractivity (Wildman–Crippen MR) is 168 cm³/mol. The first-order valence-electron chi connectivity index (χ1n) is 17.2. The van der Waals surface area contributed by atoms with Gasteiger partial charge >= 0.3 is 5.97 Å². The van der Waals surface area contributed by atoms with Crippen LogP contribution in [0.25, 0.3) is 0 Å². The number of hydrogen-bond donors (Lipinski definition) is 0. The fourth-order valence-electron chi connectivity index (χ4n) is 5.75. The Balaban J connectivity index is 2.18. The van der Waals surface area contributed by atoms with Gasteiger partial charge in [-0.15, -0.1) is 0 Å². The van der Waals surface area contributed by atoms with E-state index in [1.165, 1.54) is 122 Å². The summed E-state index contributed by atoms with van der Waals surface area (Å²) < 4.78 is 11.7. The molecule has 0 N–H and O–H groups in total.